The van der Waals surface area contributed by atoms with Crippen molar-refractivity contribution in [2.75, 3.05) is 23.7 Å². The Bertz CT molecular complexity index is 356. The molecule has 0 radical (unpaired) electrons. The Kier molecular flexibility index (Phi) is 3.92. The van der Waals surface area contributed by atoms with Gasteiger partial charge >= 0.3 is 0 Å². The lowest BCUT2D eigenvalue weighted by Crippen LogP contribution is -2.28. The molecule has 0 saturated carbocycles. The van der Waals surface area contributed by atoms with E-state index in [9.17, 15) is 0 Å². The normalized spacial score (nSPS) is 11.8. The molecule has 0 amide bonds. The number of nitrogen functional groups attached to an aromatic ring is 1. The monoisotopic (exact) mass is 204 g/mol. The van der Waals surface area contributed by atoms with Crippen LogP contribution in [0.4, 0.5) is 11.4 Å². The summed E-state index contributed by atoms with van der Waals surface area (Å²) in [5.74, 6) is -0.00230. The van der Waals surface area contributed by atoms with Crippen LogP contribution in [0.25, 0.3) is 0 Å². The van der Waals surface area contributed by atoms with Gasteiger partial charge in [0.05, 0.1) is 29.6 Å². The van der Waals surface area contributed by atoms with Crippen LogP contribution in [0, 0.1) is 17.2 Å². The largest absolute Gasteiger partial charge is 0.396 e. The highest BCUT2D eigenvalue weighted by Crippen LogP contribution is 2.21. The molecule has 0 aromatic carbocycles. The fourth-order valence-electron chi connectivity index (χ4n) is 1.46. The van der Waals surface area contributed by atoms with Crippen LogP contribution < -0.4 is 10.6 Å². The van der Waals surface area contributed by atoms with Gasteiger partial charge in [-0.1, -0.05) is 0 Å². The molecule has 0 aliphatic carbocycles. The fraction of sp³-hybridized carbons (Fsp3) is 0.455. The number of nitrogens with zero attached hydrogens (tertiary/aromatic N) is 3. The zero-order valence-corrected chi connectivity index (χ0v) is 9.14. The van der Waals surface area contributed by atoms with Gasteiger partial charge in [-0.3, -0.25) is 4.98 Å². The average molecular weight is 204 g/mol. The average Bonchev–Trinajstić information content (AvgIpc) is 2.26. The van der Waals surface area contributed by atoms with Crippen molar-refractivity contribution in [3.63, 3.8) is 0 Å². The van der Waals surface area contributed by atoms with Crippen molar-refractivity contribution in [2.45, 2.75) is 13.8 Å². The minimum absolute atomic E-state index is 0.00230. The summed E-state index contributed by atoms with van der Waals surface area (Å²) in [7, 11) is 0. The lowest BCUT2D eigenvalue weighted by Gasteiger charge is -2.25. The number of hydrogen-bond donors (Lipinski definition) is 1. The molecule has 15 heavy (non-hydrogen) atoms. The SMILES string of the molecule is CCN(CC(C)C#N)c1ccncc1N. The van der Waals surface area contributed by atoms with Crippen LogP contribution >= 0.6 is 0 Å². The van der Waals surface area contributed by atoms with Crippen LogP contribution in [-0.4, -0.2) is 18.1 Å². The predicted molar refractivity (Wildman–Crippen MR) is 61.3 cm³/mol. The van der Waals surface area contributed by atoms with Crippen molar-refractivity contribution in [1.29, 1.82) is 5.26 Å². The standard InChI is InChI=1S/C11H16N4/c1-3-15(8-9(2)6-12)11-4-5-14-7-10(11)13/h4-5,7,9H,3,8,13H2,1-2H3. The second-order valence-corrected chi connectivity index (χ2v) is 3.50. The van der Waals surface area contributed by atoms with Gasteiger partial charge in [0.15, 0.2) is 0 Å². The number of nitriles is 1. The first-order chi connectivity index (χ1) is 7.19. The zero-order chi connectivity index (χ0) is 11.3. The molecule has 2 N–H and O–H groups in total. The van der Waals surface area contributed by atoms with Gasteiger partial charge < -0.3 is 10.6 Å². The van der Waals surface area contributed by atoms with E-state index in [1.807, 2.05) is 19.9 Å². The molecule has 4 nitrogen and oxygen atoms in total. The van der Waals surface area contributed by atoms with E-state index in [0.29, 0.717) is 12.2 Å². The summed E-state index contributed by atoms with van der Waals surface area (Å²) in [6, 6.07) is 4.10. The molecule has 1 aromatic rings. The van der Waals surface area contributed by atoms with Crippen LogP contribution in [0.1, 0.15) is 13.8 Å². The quantitative estimate of drug-likeness (QED) is 0.809. The van der Waals surface area contributed by atoms with Crippen LogP contribution in [0.5, 0.6) is 0 Å². The summed E-state index contributed by atoms with van der Waals surface area (Å²) in [6.07, 6.45) is 3.35. The van der Waals surface area contributed by atoms with E-state index in [4.69, 9.17) is 11.0 Å². The Labute approximate surface area is 90.3 Å². The minimum atomic E-state index is -0.00230. The molecule has 1 rings (SSSR count). The molecule has 0 spiro atoms. The highest BCUT2D eigenvalue weighted by Gasteiger charge is 2.10. The highest BCUT2D eigenvalue weighted by molar-refractivity contribution is 5.65. The molecule has 0 aliphatic heterocycles. The fourth-order valence-corrected chi connectivity index (χ4v) is 1.46. The summed E-state index contributed by atoms with van der Waals surface area (Å²) in [4.78, 5) is 6.03. The van der Waals surface area contributed by atoms with Gasteiger partial charge in [-0.15, -0.1) is 0 Å². The van der Waals surface area contributed by atoms with Crippen molar-refractivity contribution < 1.29 is 0 Å². The van der Waals surface area contributed by atoms with Crippen LogP contribution in [-0.2, 0) is 0 Å². The van der Waals surface area contributed by atoms with Crippen molar-refractivity contribution in [2.24, 2.45) is 5.92 Å². The number of nitrogens with two attached hydrogens (primary N) is 1. The molecule has 0 saturated heterocycles. The molecular formula is C11H16N4. The van der Waals surface area contributed by atoms with Crippen LogP contribution in [0.2, 0.25) is 0 Å². The second kappa shape index (κ2) is 5.20. The minimum Gasteiger partial charge on any atom is -0.396 e. The maximum Gasteiger partial charge on any atom is 0.0738 e. The Morgan fingerprint density at radius 2 is 2.40 bits per heavy atom. The predicted octanol–water partition coefficient (Wildman–Crippen LogP) is 1.65. The van der Waals surface area contributed by atoms with Crippen LogP contribution in [0.15, 0.2) is 18.5 Å². The van der Waals surface area contributed by atoms with Gasteiger partial charge in [0.2, 0.25) is 0 Å². The van der Waals surface area contributed by atoms with Gasteiger partial charge in [-0.2, -0.15) is 5.26 Å². The number of aromatic nitrogens is 1. The summed E-state index contributed by atoms with van der Waals surface area (Å²) in [5.41, 5.74) is 7.44. The Balaban J connectivity index is 2.84. The molecule has 0 aliphatic rings. The van der Waals surface area contributed by atoms with Gasteiger partial charge in [0, 0.05) is 19.3 Å². The summed E-state index contributed by atoms with van der Waals surface area (Å²) < 4.78 is 0. The first kappa shape index (κ1) is 11.3. The Morgan fingerprint density at radius 3 is 2.93 bits per heavy atom. The maximum atomic E-state index is 8.78. The Morgan fingerprint density at radius 1 is 1.67 bits per heavy atom. The van der Waals surface area contributed by atoms with E-state index >= 15 is 0 Å². The topological polar surface area (TPSA) is 65.9 Å². The molecular weight excluding hydrogens is 188 g/mol. The second-order valence-electron chi connectivity index (χ2n) is 3.50. The van der Waals surface area contributed by atoms with E-state index in [0.717, 1.165) is 12.2 Å². The van der Waals surface area contributed by atoms with E-state index in [1.54, 1.807) is 12.4 Å². The molecule has 1 unspecified atom stereocenters. The molecule has 80 valence electrons. The summed E-state index contributed by atoms with van der Waals surface area (Å²) in [6.45, 7) is 5.48. The smallest absolute Gasteiger partial charge is 0.0738 e. The third kappa shape index (κ3) is 2.84. The van der Waals surface area contributed by atoms with Gasteiger partial charge in [-0.25, -0.2) is 0 Å². The van der Waals surface area contributed by atoms with E-state index in [-0.39, 0.29) is 5.92 Å². The number of anilines is 2. The molecule has 1 atom stereocenters. The molecule has 1 aromatic heterocycles. The molecule has 0 fully saturated rings. The van der Waals surface area contributed by atoms with Crippen molar-refractivity contribution in [3.8, 4) is 6.07 Å². The number of hydrogen-bond acceptors (Lipinski definition) is 4. The van der Waals surface area contributed by atoms with Crippen molar-refractivity contribution in [3.05, 3.63) is 18.5 Å². The first-order valence-electron chi connectivity index (χ1n) is 5.03. The molecule has 0 bridgehead atoms. The van der Waals surface area contributed by atoms with E-state index < -0.39 is 0 Å². The van der Waals surface area contributed by atoms with Crippen LogP contribution in [0.3, 0.4) is 0 Å². The zero-order valence-electron chi connectivity index (χ0n) is 9.14. The van der Waals surface area contributed by atoms with Crippen molar-refractivity contribution in [1.82, 2.24) is 4.98 Å². The highest BCUT2D eigenvalue weighted by atomic mass is 15.1. The van der Waals surface area contributed by atoms with Crippen molar-refractivity contribution >= 4 is 11.4 Å². The van der Waals surface area contributed by atoms with Gasteiger partial charge in [-0.05, 0) is 19.9 Å². The number of pyridine rings is 1. The summed E-state index contributed by atoms with van der Waals surface area (Å²) in [5, 5.41) is 8.78. The van der Waals surface area contributed by atoms with Gasteiger partial charge in [0.1, 0.15) is 0 Å². The summed E-state index contributed by atoms with van der Waals surface area (Å²) >= 11 is 0. The third-order valence-corrected chi connectivity index (χ3v) is 2.26. The third-order valence-electron chi connectivity index (χ3n) is 2.26. The Hall–Kier alpha value is -1.76. The van der Waals surface area contributed by atoms with E-state index in [2.05, 4.69) is 16.0 Å². The van der Waals surface area contributed by atoms with Gasteiger partial charge in [0.25, 0.3) is 0 Å². The maximum absolute atomic E-state index is 8.78. The first-order valence-corrected chi connectivity index (χ1v) is 5.03. The molecule has 4 heteroatoms. The molecule has 1 heterocycles. The number of rotatable bonds is 4. The van der Waals surface area contributed by atoms with E-state index in [1.165, 1.54) is 0 Å². The lowest BCUT2D eigenvalue weighted by atomic mass is 10.2. The lowest BCUT2D eigenvalue weighted by molar-refractivity contribution is 0.686.